The highest BCUT2D eigenvalue weighted by atomic mass is 16.1. The molecular formula is C20H15N3O. The summed E-state index contributed by atoms with van der Waals surface area (Å²) in [6.45, 7) is 2.06. The average molecular weight is 313 g/mol. The van der Waals surface area contributed by atoms with Crippen LogP contribution in [0.15, 0.2) is 53.3 Å². The van der Waals surface area contributed by atoms with Crippen molar-refractivity contribution in [2.75, 3.05) is 0 Å². The third-order valence-electron chi connectivity index (χ3n) is 4.82. The van der Waals surface area contributed by atoms with Gasteiger partial charge in [0.1, 0.15) is 5.69 Å². The van der Waals surface area contributed by atoms with Crippen LogP contribution in [-0.4, -0.2) is 15.2 Å². The number of aromatic nitrogens is 3. The van der Waals surface area contributed by atoms with Gasteiger partial charge in [-0.15, -0.1) is 0 Å². The summed E-state index contributed by atoms with van der Waals surface area (Å²) >= 11 is 0. The Balaban J connectivity index is 1.83. The molecule has 0 unspecified atom stereocenters. The second kappa shape index (κ2) is 4.68. The lowest BCUT2D eigenvalue weighted by Crippen LogP contribution is -2.10. The second-order valence-corrected chi connectivity index (χ2v) is 6.33. The summed E-state index contributed by atoms with van der Waals surface area (Å²) in [7, 11) is 0. The molecule has 1 aliphatic rings. The van der Waals surface area contributed by atoms with Crippen molar-refractivity contribution in [3.8, 4) is 22.5 Å². The Morgan fingerprint density at radius 2 is 1.83 bits per heavy atom. The van der Waals surface area contributed by atoms with E-state index in [0.717, 1.165) is 39.8 Å². The Bertz CT molecular complexity index is 1150. The van der Waals surface area contributed by atoms with Crippen LogP contribution < -0.4 is 5.56 Å². The van der Waals surface area contributed by atoms with Crippen LogP contribution in [0, 0.1) is 6.92 Å². The molecule has 2 heterocycles. The molecule has 2 N–H and O–H groups in total. The third kappa shape index (κ3) is 1.74. The quantitative estimate of drug-likeness (QED) is 0.494. The molecule has 4 aromatic rings. The Morgan fingerprint density at radius 1 is 1.04 bits per heavy atom. The number of aromatic amines is 2. The fraction of sp³-hybridized carbons (Fsp3) is 0.100. The summed E-state index contributed by atoms with van der Waals surface area (Å²) in [4.78, 5) is 15.9. The molecule has 0 fully saturated rings. The first-order chi connectivity index (χ1) is 11.7. The van der Waals surface area contributed by atoms with Gasteiger partial charge in [-0.1, -0.05) is 54.1 Å². The minimum atomic E-state index is -0.133. The first kappa shape index (κ1) is 13.3. The zero-order chi connectivity index (χ0) is 16.3. The van der Waals surface area contributed by atoms with Crippen LogP contribution in [0.5, 0.6) is 0 Å². The van der Waals surface area contributed by atoms with Gasteiger partial charge >= 0.3 is 0 Å². The lowest BCUT2D eigenvalue weighted by atomic mass is 10.1. The van der Waals surface area contributed by atoms with Crippen molar-refractivity contribution in [2.24, 2.45) is 0 Å². The number of hydrogen-bond acceptors (Lipinski definition) is 2. The third-order valence-corrected chi connectivity index (χ3v) is 4.82. The van der Waals surface area contributed by atoms with Gasteiger partial charge in [-0.05, 0) is 18.1 Å². The lowest BCUT2D eigenvalue weighted by Gasteiger charge is -2.04. The van der Waals surface area contributed by atoms with Gasteiger partial charge in [0.2, 0.25) is 0 Å². The highest BCUT2D eigenvalue weighted by Crippen LogP contribution is 2.40. The predicted molar refractivity (Wildman–Crippen MR) is 95.1 cm³/mol. The number of benzene rings is 2. The molecule has 5 rings (SSSR count). The Labute approximate surface area is 138 Å². The van der Waals surface area contributed by atoms with E-state index in [1.807, 2.05) is 24.3 Å². The lowest BCUT2D eigenvalue weighted by molar-refractivity contribution is 1.01. The largest absolute Gasteiger partial charge is 0.352 e. The van der Waals surface area contributed by atoms with Crippen LogP contribution in [-0.2, 0) is 6.42 Å². The van der Waals surface area contributed by atoms with Gasteiger partial charge in [-0.3, -0.25) is 4.79 Å². The van der Waals surface area contributed by atoms with Gasteiger partial charge in [0.15, 0.2) is 0 Å². The minimum Gasteiger partial charge on any atom is -0.352 e. The van der Waals surface area contributed by atoms with Gasteiger partial charge in [-0.2, -0.15) is 5.10 Å². The molecule has 1 aliphatic carbocycles. The Morgan fingerprint density at radius 3 is 2.67 bits per heavy atom. The van der Waals surface area contributed by atoms with Crippen molar-refractivity contribution in [2.45, 2.75) is 13.3 Å². The molecule has 0 saturated heterocycles. The summed E-state index contributed by atoms with van der Waals surface area (Å²) in [6, 6.07) is 16.5. The van der Waals surface area contributed by atoms with E-state index < -0.39 is 0 Å². The summed E-state index contributed by atoms with van der Waals surface area (Å²) < 4.78 is 0. The van der Waals surface area contributed by atoms with Crippen LogP contribution in [0.3, 0.4) is 0 Å². The first-order valence-electron chi connectivity index (χ1n) is 8.01. The Hall–Kier alpha value is -3.14. The monoisotopic (exact) mass is 313 g/mol. The van der Waals surface area contributed by atoms with E-state index in [2.05, 4.69) is 46.4 Å². The zero-order valence-corrected chi connectivity index (χ0v) is 13.2. The number of nitrogens with one attached hydrogen (secondary N) is 2. The molecule has 0 amide bonds. The summed E-state index contributed by atoms with van der Waals surface area (Å²) in [5, 5.41) is 7.71. The van der Waals surface area contributed by atoms with Crippen molar-refractivity contribution >= 4 is 10.9 Å². The first-order valence-corrected chi connectivity index (χ1v) is 8.01. The predicted octanol–water partition coefficient (Wildman–Crippen LogP) is 3.80. The number of rotatable bonds is 1. The van der Waals surface area contributed by atoms with Crippen molar-refractivity contribution in [1.29, 1.82) is 0 Å². The van der Waals surface area contributed by atoms with E-state index in [0.29, 0.717) is 0 Å². The van der Waals surface area contributed by atoms with E-state index in [9.17, 15) is 4.79 Å². The van der Waals surface area contributed by atoms with E-state index in [1.165, 1.54) is 16.7 Å². The maximum absolute atomic E-state index is 12.5. The van der Waals surface area contributed by atoms with Crippen LogP contribution in [0.2, 0.25) is 0 Å². The molecule has 0 atom stereocenters. The van der Waals surface area contributed by atoms with Crippen molar-refractivity contribution in [1.82, 2.24) is 15.2 Å². The molecule has 116 valence electrons. The summed E-state index contributed by atoms with van der Waals surface area (Å²) in [5.74, 6) is 0. The van der Waals surface area contributed by atoms with Gasteiger partial charge in [0, 0.05) is 17.5 Å². The fourth-order valence-electron chi connectivity index (χ4n) is 3.62. The molecule has 4 nitrogen and oxygen atoms in total. The normalized spacial score (nSPS) is 12.4. The van der Waals surface area contributed by atoms with Crippen molar-refractivity contribution < 1.29 is 0 Å². The van der Waals surface area contributed by atoms with Gasteiger partial charge in [0.25, 0.3) is 5.56 Å². The van der Waals surface area contributed by atoms with Crippen LogP contribution in [0.4, 0.5) is 0 Å². The fourth-order valence-corrected chi connectivity index (χ4v) is 3.62. The van der Waals surface area contributed by atoms with Gasteiger partial charge in [0.05, 0.1) is 16.6 Å². The molecule has 0 saturated carbocycles. The maximum Gasteiger partial charge on any atom is 0.273 e. The van der Waals surface area contributed by atoms with Gasteiger partial charge in [-0.25, -0.2) is 5.10 Å². The van der Waals surface area contributed by atoms with Crippen LogP contribution >= 0.6 is 0 Å². The molecule has 2 aromatic heterocycles. The van der Waals surface area contributed by atoms with E-state index in [-0.39, 0.29) is 5.56 Å². The second-order valence-electron chi connectivity index (χ2n) is 6.33. The van der Waals surface area contributed by atoms with E-state index in [1.54, 1.807) is 0 Å². The smallest absolute Gasteiger partial charge is 0.273 e. The molecule has 0 bridgehead atoms. The van der Waals surface area contributed by atoms with Gasteiger partial charge < -0.3 is 4.98 Å². The molecule has 0 aliphatic heterocycles. The number of fused-ring (bicyclic) bond motifs is 5. The van der Waals surface area contributed by atoms with E-state index in [4.69, 9.17) is 0 Å². The Kier molecular flexibility index (Phi) is 2.59. The molecule has 4 heteroatoms. The molecular weight excluding hydrogens is 298 g/mol. The SMILES string of the molecule is Cc1ccc(-c2n[nH]c(=O)c3c4c([nH]c23)-c2ccccc2C4)cc1. The van der Waals surface area contributed by atoms with E-state index >= 15 is 0 Å². The van der Waals surface area contributed by atoms with Crippen LogP contribution in [0.25, 0.3) is 33.4 Å². The topological polar surface area (TPSA) is 61.5 Å². The average Bonchev–Trinajstić information content (AvgIpc) is 3.13. The zero-order valence-electron chi connectivity index (χ0n) is 13.2. The number of nitrogens with zero attached hydrogens (tertiary/aromatic N) is 1. The van der Waals surface area contributed by atoms with Crippen molar-refractivity contribution in [3.05, 3.63) is 75.6 Å². The summed E-state index contributed by atoms with van der Waals surface area (Å²) in [6.07, 6.45) is 0.784. The number of aryl methyl sites for hydroxylation is 1. The standard InChI is InChI=1S/C20H15N3O/c1-11-6-8-12(9-7-11)17-19-16(20(24)23-22-17)15-10-13-4-2-3-5-14(13)18(15)21-19/h2-9,21H,10H2,1H3,(H,23,24). The minimum absolute atomic E-state index is 0.133. The number of H-pyrrole nitrogens is 2. The maximum atomic E-state index is 12.5. The summed E-state index contributed by atoms with van der Waals surface area (Å²) in [5.41, 5.74) is 8.23. The van der Waals surface area contributed by atoms with Crippen LogP contribution in [0.1, 0.15) is 16.7 Å². The molecule has 2 aromatic carbocycles. The highest BCUT2D eigenvalue weighted by molar-refractivity contribution is 5.99. The highest BCUT2D eigenvalue weighted by Gasteiger charge is 2.26. The molecule has 0 spiro atoms. The van der Waals surface area contributed by atoms with Crippen molar-refractivity contribution in [3.63, 3.8) is 0 Å². The number of hydrogen-bond donors (Lipinski definition) is 2. The molecule has 24 heavy (non-hydrogen) atoms. The molecule has 0 radical (unpaired) electrons.